The number of aliphatic hydroxyl groups excluding tert-OH is 3. The highest BCUT2D eigenvalue weighted by molar-refractivity contribution is 6.10. The van der Waals surface area contributed by atoms with E-state index in [0.29, 0.717) is 0 Å². The number of nitrogens with two attached hydrogens (primary N) is 1. The molecule has 0 saturated heterocycles. The third-order valence-corrected chi connectivity index (χ3v) is 10.5. The van der Waals surface area contributed by atoms with Crippen molar-refractivity contribution in [3.63, 3.8) is 0 Å². The molecule has 3 aliphatic rings. The fourth-order valence-corrected chi connectivity index (χ4v) is 8.51. The van der Waals surface area contributed by atoms with Gasteiger partial charge in [0.05, 0.1) is 23.7 Å². The van der Waals surface area contributed by atoms with Crippen LogP contribution in [0.3, 0.4) is 0 Å². The van der Waals surface area contributed by atoms with Gasteiger partial charge in [0.1, 0.15) is 17.8 Å². The third-order valence-electron chi connectivity index (χ3n) is 10.5. The molecule has 0 spiro atoms. The van der Waals surface area contributed by atoms with E-state index in [2.05, 4.69) is 5.32 Å². The fraction of sp³-hybridized carbons (Fsp3) is 0.667. The van der Waals surface area contributed by atoms with Gasteiger partial charge in [-0.2, -0.15) is 0 Å². The van der Waals surface area contributed by atoms with E-state index in [-0.39, 0.29) is 35.1 Å². The molecule has 2 amide bonds. The Labute approximate surface area is 239 Å². The van der Waals surface area contributed by atoms with Crippen molar-refractivity contribution in [3.05, 3.63) is 23.3 Å². The molecule has 4 unspecified atom stereocenters. The van der Waals surface area contributed by atoms with Crippen LogP contribution in [0.5, 0.6) is 5.75 Å². The standard InChI is InChI=1S/C30H42N2O9/c1-11(2)10-16(34)32-14-8-9-15(33)18-17(14)13(5)28(6)21(22(18)35)25(38)30(41)24(37)19(26(31)39)23(36)20(12(3)4)29(30,7)27(28)40/h8-9,11-13,19-21,23,25,27,33,36,38,40-41H,10H2,1-7H3,(H2,31,39)(H,32,34)/t13-,19?,20+,21?,23?,25?,27-,28+,29+,30+/m1/s1. The molecule has 3 aliphatic carbocycles. The number of rotatable bonds is 5. The van der Waals surface area contributed by atoms with Crippen LogP contribution in [0.4, 0.5) is 5.69 Å². The average Bonchev–Trinajstić information content (AvgIpc) is 2.84. The number of phenols is 1. The maximum absolute atomic E-state index is 14.2. The highest BCUT2D eigenvalue weighted by atomic mass is 16.4. The van der Waals surface area contributed by atoms with Crippen LogP contribution in [0.2, 0.25) is 0 Å². The van der Waals surface area contributed by atoms with Gasteiger partial charge in [-0.05, 0) is 41.4 Å². The summed E-state index contributed by atoms with van der Waals surface area (Å²) in [5.41, 5.74) is -0.571. The highest BCUT2D eigenvalue weighted by Crippen LogP contribution is 2.68. The predicted octanol–water partition coefficient (Wildman–Crippen LogP) is 1.09. The first-order valence-corrected chi connectivity index (χ1v) is 14.1. The smallest absolute Gasteiger partial charge is 0.230 e. The van der Waals surface area contributed by atoms with Crippen molar-refractivity contribution in [2.75, 3.05) is 5.32 Å². The molecule has 1 aromatic carbocycles. The number of aliphatic hydroxyl groups is 4. The minimum Gasteiger partial charge on any atom is -0.507 e. The molecule has 8 N–H and O–H groups in total. The molecule has 0 bridgehead atoms. The van der Waals surface area contributed by atoms with Crippen molar-refractivity contribution in [2.45, 2.75) is 84.7 Å². The number of amides is 2. The molecule has 11 nitrogen and oxygen atoms in total. The molecule has 10 atom stereocenters. The van der Waals surface area contributed by atoms with E-state index in [4.69, 9.17) is 5.73 Å². The zero-order chi connectivity index (χ0) is 31.1. The number of carbonyl (C=O) groups excluding carboxylic acids is 4. The first-order valence-electron chi connectivity index (χ1n) is 14.1. The van der Waals surface area contributed by atoms with Crippen molar-refractivity contribution in [1.29, 1.82) is 0 Å². The van der Waals surface area contributed by atoms with Gasteiger partial charge in [0.2, 0.25) is 11.8 Å². The number of fused-ring (bicyclic) bond motifs is 3. The van der Waals surface area contributed by atoms with E-state index in [1.165, 1.54) is 19.1 Å². The Kier molecular flexibility index (Phi) is 7.48. The zero-order valence-electron chi connectivity index (χ0n) is 24.5. The first kappa shape index (κ1) is 31.1. The van der Waals surface area contributed by atoms with E-state index in [0.717, 1.165) is 0 Å². The maximum atomic E-state index is 14.2. The summed E-state index contributed by atoms with van der Waals surface area (Å²) in [5, 5.41) is 61.3. The monoisotopic (exact) mass is 574 g/mol. The molecular weight excluding hydrogens is 532 g/mol. The lowest BCUT2D eigenvalue weighted by atomic mass is 9.36. The Hall–Kier alpha value is -2.86. The van der Waals surface area contributed by atoms with E-state index >= 15 is 0 Å². The Morgan fingerprint density at radius 1 is 1.07 bits per heavy atom. The second-order valence-electron chi connectivity index (χ2n) is 13.4. The Bertz CT molecular complexity index is 1310. The molecule has 1 aromatic rings. The van der Waals surface area contributed by atoms with E-state index in [1.54, 1.807) is 27.7 Å². The van der Waals surface area contributed by atoms with Gasteiger partial charge in [-0.3, -0.25) is 19.2 Å². The fourth-order valence-electron chi connectivity index (χ4n) is 8.51. The Morgan fingerprint density at radius 2 is 1.66 bits per heavy atom. The van der Waals surface area contributed by atoms with Gasteiger partial charge in [0.25, 0.3) is 0 Å². The van der Waals surface area contributed by atoms with Crippen LogP contribution in [-0.2, 0) is 14.4 Å². The second-order valence-corrected chi connectivity index (χ2v) is 13.4. The number of hydrogen-bond acceptors (Lipinski definition) is 9. The van der Waals surface area contributed by atoms with Crippen LogP contribution >= 0.6 is 0 Å². The lowest BCUT2D eigenvalue weighted by Gasteiger charge is -2.69. The number of anilines is 1. The SMILES string of the molecule is CC(C)CC(=O)Nc1ccc(O)c2c1[C@@H](C)[C@@]1(C)C(C2=O)C(O)[C@@]2(O)C(=O)C(C(N)=O)C(O)[C@H](C(C)C)[C@@]2(C)[C@@H]1O. The number of phenolic OH excluding ortho intramolecular Hbond substituents is 1. The van der Waals surface area contributed by atoms with Crippen LogP contribution in [0.1, 0.15) is 76.7 Å². The van der Waals surface area contributed by atoms with Crippen LogP contribution in [0.25, 0.3) is 0 Å². The summed E-state index contributed by atoms with van der Waals surface area (Å²) < 4.78 is 0. The van der Waals surface area contributed by atoms with Crippen molar-refractivity contribution >= 4 is 29.1 Å². The molecule has 0 heterocycles. The number of aromatic hydroxyl groups is 1. The largest absolute Gasteiger partial charge is 0.507 e. The number of primary amides is 1. The summed E-state index contributed by atoms with van der Waals surface area (Å²) in [6.07, 6.45) is -5.31. The summed E-state index contributed by atoms with van der Waals surface area (Å²) in [6, 6.07) is 2.70. The molecule has 2 fully saturated rings. The summed E-state index contributed by atoms with van der Waals surface area (Å²) in [7, 11) is 0. The lowest BCUT2D eigenvalue weighted by Crippen LogP contribution is -2.83. The van der Waals surface area contributed by atoms with Crippen LogP contribution < -0.4 is 11.1 Å². The van der Waals surface area contributed by atoms with Crippen LogP contribution in [0.15, 0.2) is 12.1 Å². The molecule has 0 aliphatic heterocycles. The van der Waals surface area contributed by atoms with Gasteiger partial charge in [0, 0.05) is 22.9 Å². The predicted molar refractivity (Wildman–Crippen MR) is 148 cm³/mol. The number of Topliss-reactive ketones (excluding diaryl/α,β-unsaturated/α-hetero) is 2. The molecule has 11 heteroatoms. The van der Waals surface area contributed by atoms with Crippen LogP contribution in [0, 0.1) is 40.4 Å². The second kappa shape index (κ2) is 9.86. The summed E-state index contributed by atoms with van der Waals surface area (Å²) >= 11 is 0. The molecule has 226 valence electrons. The quantitative estimate of drug-likeness (QED) is 0.198. The summed E-state index contributed by atoms with van der Waals surface area (Å²) in [4.78, 5) is 53.1. The van der Waals surface area contributed by atoms with Gasteiger partial charge >= 0.3 is 0 Å². The van der Waals surface area contributed by atoms with Gasteiger partial charge < -0.3 is 36.6 Å². The van der Waals surface area contributed by atoms with E-state index < -0.39 is 87.6 Å². The number of hydrogen-bond donors (Lipinski definition) is 7. The van der Waals surface area contributed by atoms with Crippen molar-refractivity contribution < 1.29 is 44.7 Å². The Morgan fingerprint density at radius 3 is 2.17 bits per heavy atom. The number of ketones is 2. The van der Waals surface area contributed by atoms with Crippen molar-refractivity contribution in [1.82, 2.24) is 0 Å². The molecule has 4 rings (SSSR count). The number of carbonyl (C=O) groups is 4. The third kappa shape index (κ3) is 3.85. The topological polar surface area (TPSA) is 207 Å². The zero-order valence-corrected chi connectivity index (χ0v) is 24.5. The number of benzene rings is 1. The normalized spacial score (nSPS) is 40.2. The Balaban J connectivity index is 2.00. The minimum atomic E-state index is -2.85. The van der Waals surface area contributed by atoms with Gasteiger partial charge in [-0.1, -0.05) is 48.5 Å². The van der Waals surface area contributed by atoms with Crippen LogP contribution in [-0.4, -0.2) is 72.8 Å². The van der Waals surface area contributed by atoms with Crippen molar-refractivity contribution in [3.8, 4) is 5.75 Å². The van der Waals surface area contributed by atoms with E-state index in [1.807, 2.05) is 13.8 Å². The molecule has 0 aromatic heterocycles. The molecule has 41 heavy (non-hydrogen) atoms. The molecule has 0 radical (unpaired) electrons. The minimum absolute atomic E-state index is 0.0456. The molecular formula is C30H42N2O9. The highest BCUT2D eigenvalue weighted by Gasteiger charge is 2.80. The number of nitrogens with one attached hydrogen (secondary N) is 1. The summed E-state index contributed by atoms with van der Waals surface area (Å²) in [5.74, 6) is -9.94. The van der Waals surface area contributed by atoms with Gasteiger partial charge in [0.15, 0.2) is 17.2 Å². The van der Waals surface area contributed by atoms with Gasteiger partial charge in [-0.15, -0.1) is 0 Å². The van der Waals surface area contributed by atoms with Crippen molar-refractivity contribution in [2.24, 2.45) is 46.2 Å². The maximum Gasteiger partial charge on any atom is 0.230 e. The van der Waals surface area contributed by atoms with Gasteiger partial charge in [-0.25, -0.2) is 0 Å². The lowest BCUT2D eigenvalue weighted by molar-refractivity contribution is -0.306. The summed E-state index contributed by atoms with van der Waals surface area (Å²) in [6.45, 7) is 11.7. The van der Waals surface area contributed by atoms with E-state index in [9.17, 15) is 44.7 Å². The molecule has 2 saturated carbocycles. The first-order chi connectivity index (χ1) is 18.8. The average molecular weight is 575 g/mol.